The van der Waals surface area contributed by atoms with E-state index in [0.29, 0.717) is 24.5 Å². The molecule has 11 heteroatoms. The Morgan fingerprint density at radius 3 is 2.52 bits per heavy atom. The first-order valence-electron chi connectivity index (χ1n) is 10.1. The van der Waals surface area contributed by atoms with Gasteiger partial charge in [0.05, 0.1) is 6.54 Å². The van der Waals surface area contributed by atoms with Gasteiger partial charge in [-0.1, -0.05) is 18.2 Å². The van der Waals surface area contributed by atoms with Gasteiger partial charge in [-0.15, -0.1) is 37.1 Å². The van der Waals surface area contributed by atoms with Crippen molar-refractivity contribution < 1.29 is 22.7 Å². The van der Waals surface area contributed by atoms with Gasteiger partial charge in [0.15, 0.2) is 5.96 Å². The maximum atomic E-state index is 12.7. The van der Waals surface area contributed by atoms with Crippen LogP contribution in [-0.4, -0.2) is 68.9 Å². The summed E-state index contributed by atoms with van der Waals surface area (Å²) in [6.07, 6.45) is -2.23. The van der Waals surface area contributed by atoms with E-state index in [9.17, 15) is 18.0 Å². The Bertz CT molecular complexity index is 769. The zero-order chi connectivity index (χ0) is 21.7. The van der Waals surface area contributed by atoms with E-state index in [1.165, 1.54) is 12.1 Å². The number of para-hydroxylation sites is 1. The number of rotatable bonds is 6. The van der Waals surface area contributed by atoms with Crippen molar-refractivity contribution in [3.05, 3.63) is 29.8 Å². The summed E-state index contributed by atoms with van der Waals surface area (Å²) in [7, 11) is 3.30. The van der Waals surface area contributed by atoms with Gasteiger partial charge in [0, 0.05) is 45.2 Å². The molecule has 3 N–H and O–H groups in total. The molecule has 2 fully saturated rings. The van der Waals surface area contributed by atoms with Crippen molar-refractivity contribution in [2.45, 2.75) is 43.6 Å². The van der Waals surface area contributed by atoms with Crippen molar-refractivity contribution in [1.82, 2.24) is 20.9 Å². The summed E-state index contributed by atoms with van der Waals surface area (Å²) in [5.41, 5.74) is 0.547. The molecule has 2 aliphatic rings. The van der Waals surface area contributed by atoms with Crippen LogP contribution in [0.15, 0.2) is 29.3 Å². The zero-order valence-corrected chi connectivity index (χ0v) is 19.9. The second kappa shape index (κ2) is 11.2. The fraction of sp³-hybridized carbons (Fsp3) is 0.600. The van der Waals surface area contributed by atoms with Crippen LogP contribution in [0.4, 0.5) is 13.2 Å². The summed E-state index contributed by atoms with van der Waals surface area (Å²) in [6, 6.07) is 6.50. The van der Waals surface area contributed by atoms with Gasteiger partial charge in [-0.2, -0.15) is 0 Å². The topological polar surface area (TPSA) is 78.0 Å². The molecule has 0 spiro atoms. The lowest BCUT2D eigenvalue weighted by Gasteiger charge is -2.32. The minimum atomic E-state index is -4.71. The third kappa shape index (κ3) is 7.70. The molecule has 174 valence electrons. The predicted octanol–water partition coefficient (Wildman–Crippen LogP) is 2.43. The maximum absolute atomic E-state index is 12.7. The highest BCUT2D eigenvalue weighted by molar-refractivity contribution is 14.0. The van der Waals surface area contributed by atoms with Crippen LogP contribution < -0.4 is 20.7 Å². The molecule has 0 bridgehead atoms. The highest BCUT2D eigenvalue weighted by Crippen LogP contribution is 2.45. The Morgan fingerprint density at radius 2 is 1.90 bits per heavy atom. The summed E-state index contributed by atoms with van der Waals surface area (Å²) in [4.78, 5) is 17.9. The Balaban J connectivity index is 0.00000341. The number of likely N-dealkylation sites (N-methyl/N-ethyl adjacent to an activating group) is 1. The minimum absolute atomic E-state index is 0. The lowest BCUT2D eigenvalue weighted by atomic mass is 10.1. The van der Waals surface area contributed by atoms with Gasteiger partial charge in [0.25, 0.3) is 0 Å². The average molecular weight is 555 g/mol. The summed E-state index contributed by atoms with van der Waals surface area (Å²) < 4.78 is 42.1. The molecule has 7 nitrogen and oxygen atoms in total. The van der Waals surface area contributed by atoms with Crippen LogP contribution in [0.1, 0.15) is 30.7 Å². The summed E-state index contributed by atoms with van der Waals surface area (Å²) in [5.74, 6) is 0.442. The zero-order valence-electron chi connectivity index (χ0n) is 17.5. The van der Waals surface area contributed by atoms with E-state index in [-0.39, 0.29) is 53.6 Å². The van der Waals surface area contributed by atoms with Crippen molar-refractivity contribution in [3.63, 3.8) is 0 Å². The first kappa shape index (κ1) is 25.5. The number of nitrogens with zero attached hydrogens (tertiary/aromatic N) is 2. The van der Waals surface area contributed by atoms with Gasteiger partial charge in [-0.25, -0.2) is 0 Å². The molecular formula is C20H29F3IN5O2. The molecule has 0 aromatic heterocycles. The number of ether oxygens (including phenoxy) is 1. The molecule has 1 aromatic rings. The number of guanidine groups is 1. The maximum Gasteiger partial charge on any atom is 0.573 e. The summed E-state index contributed by atoms with van der Waals surface area (Å²) in [5, 5.41) is 9.32. The average Bonchev–Trinajstić information content (AvgIpc) is 3.46. The molecule has 2 unspecified atom stereocenters. The van der Waals surface area contributed by atoms with Gasteiger partial charge in [0.2, 0.25) is 5.91 Å². The van der Waals surface area contributed by atoms with Crippen LogP contribution >= 0.6 is 24.0 Å². The van der Waals surface area contributed by atoms with E-state index in [0.717, 1.165) is 25.9 Å². The number of amides is 1. The molecule has 0 radical (unpaired) electrons. The number of carbonyl (C=O) groups excluding carboxylic acids is 1. The lowest BCUT2D eigenvalue weighted by molar-refractivity contribution is -0.274. The second-order valence-electron chi connectivity index (χ2n) is 7.62. The fourth-order valence-electron chi connectivity index (χ4n) is 3.76. The number of benzene rings is 1. The van der Waals surface area contributed by atoms with Gasteiger partial charge >= 0.3 is 6.36 Å². The molecule has 1 amide bonds. The highest BCUT2D eigenvalue weighted by Gasteiger charge is 2.42. The molecule has 3 rings (SSSR count). The fourth-order valence-corrected chi connectivity index (χ4v) is 3.76. The first-order valence-corrected chi connectivity index (χ1v) is 10.1. The van der Waals surface area contributed by atoms with E-state index >= 15 is 0 Å². The van der Waals surface area contributed by atoms with Crippen LogP contribution in [0.5, 0.6) is 5.75 Å². The predicted molar refractivity (Wildman–Crippen MR) is 123 cm³/mol. The molecule has 1 saturated carbocycles. The number of hydrogen-bond donors (Lipinski definition) is 3. The molecule has 1 saturated heterocycles. The van der Waals surface area contributed by atoms with E-state index < -0.39 is 6.36 Å². The van der Waals surface area contributed by atoms with Crippen molar-refractivity contribution in [2.75, 3.05) is 33.7 Å². The van der Waals surface area contributed by atoms with Crippen LogP contribution in [0.2, 0.25) is 0 Å². The van der Waals surface area contributed by atoms with Gasteiger partial charge in [0.1, 0.15) is 5.75 Å². The number of aliphatic imine (C=N–C) groups is 1. The normalized spacial score (nSPS) is 22.3. The molecule has 2 atom stereocenters. The minimum Gasteiger partial charge on any atom is -0.405 e. The third-order valence-corrected chi connectivity index (χ3v) is 5.45. The van der Waals surface area contributed by atoms with Crippen molar-refractivity contribution in [1.29, 1.82) is 0 Å². The van der Waals surface area contributed by atoms with Crippen molar-refractivity contribution in [2.24, 2.45) is 4.99 Å². The van der Waals surface area contributed by atoms with Crippen LogP contribution in [-0.2, 0) is 4.79 Å². The second-order valence-corrected chi connectivity index (χ2v) is 7.62. The monoisotopic (exact) mass is 555 g/mol. The molecule has 1 aliphatic carbocycles. The Hall–Kier alpha value is -1.76. The summed E-state index contributed by atoms with van der Waals surface area (Å²) in [6.45, 7) is 2.03. The van der Waals surface area contributed by atoms with E-state index in [4.69, 9.17) is 0 Å². The number of hydrogen-bond acceptors (Lipinski definition) is 4. The first-order chi connectivity index (χ1) is 14.3. The van der Waals surface area contributed by atoms with Gasteiger partial charge in [-0.3, -0.25) is 14.7 Å². The van der Waals surface area contributed by atoms with Gasteiger partial charge in [-0.05, 0) is 30.9 Å². The van der Waals surface area contributed by atoms with E-state index in [2.05, 4.69) is 30.6 Å². The van der Waals surface area contributed by atoms with E-state index in [1.54, 1.807) is 26.2 Å². The largest absolute Gasteiger partial charge is 0.573 e. The number of likely N-dealkylation sites (tertiary alicyclic amines) is 1. The van der Waals surface area contributed by atoms with Gasteiger partial charge < -0.3 is 20.7 Å². The lowest BCUT2D eigenvalue weighted by Crippen LogP contribution is -2.50. The molecule has 31 heavy (non-hydrogen) atoms. The van der Waals surface area contributed by atoms with Crippen molar-refractivity contribution in [3.8, 4) is 5.75 Å². The van der Waals surface area contributed by atoms with Crippen molar-refractivity contribution >= 4 is 35.8 Å². The third-order valence-electron chi connectivity index (χ3n) is 5.45. The standard InChI is InChI=1S/C20H28F3N5O2.HI/c1-24-18(29)12-28-9-7-13(8-10-28)26-19(25-2)27-16-11-15(16)14-5-3-4-6-17(14)30-20(21,22)23;/h3-6,13,15-16H,7-12H2,1-2H3,(H,24,29)(H2,25,26,27);1H. The highest BCUT2D eigenvalue weighted by atomic mass is 127. The van der Waals surface area contributed by atoms with Crippen LogP contribution in [0, 0.1) is 0 Å². The SMILES string of the molecule is CN=C(NC1CCN(CC(=O)NC)CC1)NC1CC1c1ccccc1OC(F)(F)F.I. The number of halogens is 4. The molecule has 1 aromatic carbocycles. The van der Waals surface area contributed by atoms with Crippen LogP contribution in [0.25, 0.3) is 0 Å². The Morgan fingerprint density at radius 1 is 1.23 bits per heavy atom. The summed E-state index contributed by atoms with van der Waals surface area (Å²) >= 11 is 0. The Labute approximate surface area is 197 Å². The number of carbonyl (C=O) groups is 1. The van der Waals surface area contributed by atoms with Crippen LogP contribution in [0.3, 0.4) is 0 Å². The molecule has 1 aliphatic heterocycles. The number of alkyl halides is 3. The van der Waals surface area contributed by atoms with E-state index in [1.807, 2.05) is 0 Å². The quantitative estimate of drug-likeness (QED) is 0.286. The molecular weight excluding hydrogens is 526 g/mol. The smallest absolute Gasteiger partial charge is 0.405 e. The Kier molecular flexibility index (Phi) is 9.22. The number of nitrogens with one attached hydrogen (secondary N) is 3. The number of piperidine rings is 1. The molecule has 1 heterocycles.